The first-order chi connectivity index (χ1) is 21.4. The van der Waals surface area contributed by atoms with Crippen LogP contribution in [0.4, 0.5) is 10.5 Å². The molecular formula is C32H44N6O7. The normalized spacial score (nSPS) is 24.2. The van der Waals surface area contributed by atoms with Gasteiger partial charge in [0.05, 0.1) is 36.4 Å². The summed E-state index contributed by atoms with van der Waals surface area (Å²) in [5.41, 5.74) is 1.02. The minimum atomic E-state index is -0.958. The molecule has 45 heavy (non-hydrogen) atoms. The Morgan fingerprint density at radius 1 is 0.844 bits per heavy atom. The number of nitrogens with one attached hydrogen (secondary N) is 1. The maximum Gasteiger partial charge on any atom is 0.410 e. The van der Waals surface area contributed by atoms with E-state index in [1.54, 1.807) is 17.0 Å². The Bertz CT molecular complexity index is 1340. The van der Waals surface area contributed by atoms with Gasteiger partial charge in [0.15, 0.2) is 0 Å². The number of piperazine rings is 1. The summed E-state index contributed by atoms with van der Waals surface area (Å²) in [5.74, 6) is -1.95. The van der Waals surface area contributed by atoms with Crippen LogP contribution in [-0.2, 0) is 19.1 Å². The molecule has 1 unspecified atom stereocenters. The Morgan fingerprint density at radius 3 is 2.13 bits per heavy atom. The number of anilines is 1. The summed E-state index contributed by atoms with van der Waals surface area (Å²) >= 11 is 0. The third-order valence-corrected chi connectivity index (χ3v) is 9.31. The summed E-state index contributed by atoms with van der Waals surface area (Å²) in [6, 6.07) is 4.36. The van der Waals surface area contributed by atoms with Crippen molar-refractivity contribution in [2.75, 3.05) is 70.3 Å². The van der Waals surface area contributed by atoms with Gasteiger partial charge in [0.25, 0.3) is 11.8 Å². The Kier molecular flexibility index (Phi) is 8.86. The smallest absolute Gasteiger partial charge is 0.410 e. The molecule has 5 heterocycles. The number of carbonyl (C=O) groups excluding carboxylic acids is 5. The molecule has 5 amide bonds. The zero-order valence-electron chi connectivity index (χ0n) is 26.5. The summed E-state index contributed by atoms with van der Waals surface area (Å²) in [6.07, 6.45) is 2.31. The molecule has 244 valence electrons. The Morgan fingerprint density at radius 2 is 1.49 bits per heavy atom. The number of likely N-dealkylation sites (tertiary alicyclic amines) is 2. The van der Waals surface area contributed by atoms with Crippen LogP contribution in [0.25, 0.3) is 0 Å². The molecule has 0 radical (unpaired) electrons. The van der Waals surface area contributed by atoms with Crippen molar-refractivity contribution in [3.8, 4) is 0 Å². The molecule has 0 spiro atoms. The van der Waals surface area contributed by atoms with Gasteiger partial charge in [0.1, 0.15) is 11.6 Å². The molecule has 1 aromatic rings. The topological polar surface area (TPSA) is 132 Å². The van der Waals surface area contributed by atoms with Gasteiger partial charge in [-0.25, -0.2) is 4.79 Å². The van der Waals surface area contributed by atoms with Crippen molar-refractivity contribution in [2.24, 2.45) is 0 Å². The number of imide groups is 2. The summed E-state index contributed by atoms with van der Waals surface area (Å²) in [7, 11) is 0. The zero-order chi connectivity index (χ0) is 31.9. The molecule has 5 aliphatic rings. The van der Waals surface area contributed by atoms with E-state index in [0.29, 0.717) is 24.2 Å². The molecule has 4 fully saturated rings. The van der Waals surface area contributed by atoms with E-state index < -0.39 is 29.4 Å². The van der Waals surface area contributed by atoms with E-state index in [1.165, 1.54) is 0 Å². The third kappa shape index (κ3) is 7.00. The second-order valence-corrected chi connectivity index (χ2v) is 13.7. The number of hydrogen-bond acceptors (Lipinski definition) is 10. The number of ether oxygens (including phenoxy) is 2. The second-order valence-electron chi connectivity index (χ2n) is 13.7. The second kappa shape index (κ2) is 12.7. The average molecular weight is 625 g/mol. The highest BCUT2D eigenvalue weighted by atomic mass is 16.6. The molecule has 6 rings (SSSR count). The Labute approximate surface area is 263 Å². The maximum atomic E-state index is 13.2. The molecule has 1 atom stereocenters. The molecule has 13 heteroatoms. The molecule has 1 aromatic carbocycles. The van der Waals surface area contributed by atoms with Gasteiger partial charge in [0, 0.05) is 64.5 Å². The average Bonchev–Trinajstić information content (AvgIpc) is 3.22. The lowest BCUT2D eigenvalue weighted by Crippen LogP contribution is -2.57. The minimum Gasteiger partial charge on any atom is -0.444 e. The van der Waals surface area contributed by atoms with Crippen molar-refractivity contribution in [2.45, 2.75) is 70.3 Å². The number of rotatable bonds is 7. The summed E-state index contributed by atoms with van der Waals surface area (Å²) in [4.78, 5) is 72.2. The first-order valence-electron chi connectivity index (χ1n) is 16.1. The van der Waals surface area contributed by atoms with E-state index in [1.807, 2.05) is 26.8 Å². The van der Waals surface area contributed by atoms with Gasteiger partial charge in [-0.1, -0.05) is 0 Å². The number of hydrogen-bond donors (Lipinski definition) is 1. The van der Waals surface area contributed by atoms with E-state index in [2.05, 4.69) is 20.0 Å². The molecule has 0 aromatic heterocycles. The van der Waals surface area contributed by atoms with Crippen molar-refractivity contribution in [3.63, 3.8) is 0 Å². The lowest BCUT2D eigenvalue weighted by molar-refractivity contribution is -0.136. The van der Waals surface area contributed by atoms with Gasteiger partial charge in [-0.2, -0.15) is 0 Å². The van der Waals surface area contributed by atoms with Crippen molar-refractivity contribution >= 4 is 35.4 Å². The van der Waals surface area contributed by atoms with Gasteiger partial charge in [0.2, 0.25) is 11.8 Å². The van der Waals surface area contributed by atoms with E-state index in [0.717, 1.165) is 75.8 Å². The van der Waals surface area contributed by atoms with Crippen LogP contribution in [0.5, 0.6) is 0 Å². The van der Waals surface area contributed by atoms with E-state index in [4.69, 9.17) is 9.47 Å². The number of carbonyl (C=O) groups is 5. The first kappa shape index (κ1) is 31.4. The van der Waals surface area contributed by atoms with Crippen molar-refractivity contribution < 1.29 is 33.4 Å². The molecule has 1 N–H and O–H groups in total. The molecule has 5 aliphatic heterocycles. The maximum absolute atomic E-state index is 13.2. The van der Waals surface area contributed by atoms with Gasteiger partial charge < -0.3 is 24.2 Å². The van der Waals surface area contributed by atoms with Crippen molar-refractivity contribution in [3.05, 3.63) is 29.3 Å². The molecular weight excluding hydrogens is 580 g/mol. The highest BCUT2D eigenvalue weighted by Gasteiger charge is 2.45. The first-order valence-corrected chi connectivity index (χ1v) is 16.1. The number of fused-ring (bicyclic) bond motifs is 1. The number of benzene rings is 1. The quantitative estimate of drug-likeness (QED) is 0.443. The van der Waals surface area contributed by atoms with Gasteiger partial charge in [-0.05, 0) is 58.2 Å². The molecule has 13 nitrogen and oxygen atoms in total. The fourth-order valence-electron chi connectivity index (χ4n) is 6.71. The molecule has 0 bridgehead atoms. The van der Waals surface area contributed by atoms with Crippen LogP contribution < -0.4 is 10.2 Å². The highest BCUT2D eigenvalue weighted by molar-refractivity contribution is 6.23. The van der Waals surface area contributed by atoms with E-state index >= 15 is 0 Å². The van der Waals surface area contributed by atoms with E-state index in [-0.39, 0.29) is 37.0 Å². The standard InChI is InChI=1S/C32H44N6O7/c1-32(2,3)45-31(43)37-19-23(20-37)44-22-8-10-34(11-9-22)12-13-35-14-16-36(17-15-35)21-4-5-24-25(18-21)30(42)38(29(24)41)26-6-7-27(39)33-28(26)40/h4-5,18,22-23,26H,6-17,19-20H2,1-3H3,(H,33,39,40). The molecule has 0 aliphatic carbocycles. The van der Waals surface area contributed by atoms with E-state index in [9.17, 15) is 24.0 Å². The lowest BCUT2D eigenvalue weighted by atomic mass is 10.0. The third-order valence-electron chi connectivity index (χ3n) is 9.31. The van der Waals surface area contributed by atoms with Crippen LogP contribution in [0, 0.1) is 0 Å². The van der Waals surface area contributed by atoms with Gasteiger partial charge in [-0.3, -0.25) is 34.3 Å². The van der Waals surface area contributed by atoms with Crippen LogP contribution in [0.15, 0.2) is 18.2 Å². The highest BCUT2D eigenvalue weighted by Crippen LogP contribution is 2.31. The van der Waals surface area contributed by atoms with Crippen molar-refractivity contribution in [1.29, 1.82) is 0 Å². The fraction of sp³-hybridized carbons (Fsp3) is 0.656. The van der Waals surface area contributed by atoms with Crippen LogP contribution >= 0.6 is 0 Å². The monoisotopic (exact) mass is 624 g/mol. The van der Waals surface area contributed by atoms with Gasteiger partial charge >= 0.3 is 6.09 Å². The Hall–Kier alpha value is -3.55. The molecule has 0 saturated carbocycles. The fourth-order valence-corrected chi connectivity index (χ4v) is 6.71. The minimum absolute atomic E-state index is 0.0962. The predicted octanol–water partition coefficient (Wildman–Crippen LogP) is 1.31. The number of nitrogens with zero attached hydrogens (tertiary/aromatic N) is 5. The molecule has 4 saturated heterocycles. The van der Waals surface area contributed by atoms with Crippen LogP contribution in [-0.4, -0.2) is 139 Å². The Balaban J connectivity index is 0.906. The van der Waals surface area contributed by atoms with Crippen molar-refractivity contribution in [1.82, 2.24) is 24.9 Å². The summed E-state index contributed by atoms with van der Waals surface area (Å²) in [5, 5.41) is 2.24. The van der Waals surface area contributed by atoms with Crippen LogP contribution in [0.1, 0.15) is 67.2 Å². The summed E-state index contributed by atoms with van der Waals surface area (Å²) in [6.45, 7) is 14.3. The largest absolute Gasteiger partial charge is 0.444 e. The zero-order valence-corrected chi connectivity index (χ0v) is 26.5. The number of amides is 5. The number of piperidine rings is 2. The SMILES string of the molecule is CC(C)(C)OC(=O)N1CC(OC2CCN(CCN3CCN(c4ccc5c(c4)C(=O)N(C4CCC(=O)NC4=O)C5=O)CC3)CC2)C1. The van der Waals surface area contributed by atoms with Crippen LogP contribution in [0.3, 0.4) is 0 Å². The lowest BCUT2D eigenvalue weighted by Gasteiger charge is -2.42. The summed E-state index contributed by atoms with van der Waals surface area (Å²) < 4.78 is 11.7. The predicted molar refractivity (Wildman–Crippen MR) is 164 cm³/mol. The van der Waals surface area contributed by atoms with Gasteiger partial charge in [-0.15, -0.1) is 0 Å². The van der Waals surface area contributed by atoms with Crippen LogP contribution in [0.2, 0.25) is 0 Å².